The highest BCUT2D eigenvalue weighted by molar-refractivity contribution is 6.34. The number of aromatic nitrogens is 3. The Morgan fingerprint density at radius 3 is 3.14 bits per heavy atom. The molecule has 14 heavy (non-hydrogen) atoms. The number of aromatic amines is 1. The van der Waals surface area contributed by atoms with Crippen molar-refractivity contribution in [3.05, 3.63) is 34.7 Å². The molecule has 1 N–H and O–H groups in total. The zero-order valence-electron chi connectivity index (χ0n) is 7.29. The third kappa shape index (κ3) is 1.42. The molecule has 0 saturated carbocycles. The number of hydrogen-bond acceptors (Lipinski definition) is 2. The van der Waals surface area contributed by atoms with E-state index in [9.17, 15) is 0 Å². The van der Waals surface area contributed by atoms with Gasteiger partial charge in [0.15, 0.2) is 0 Å². The number of H-pyrrole nitrogens is 1. The van der Waals surface area contributed by atoms with Gasteiger partial charge in [-0.15, -0.1) is 0 Å². The Kier molecular flexibility index (Phi) is 2.33. The lowest BCUT2D eigenvalue weighted by Crippen LogP contribution is -1.87. The van der Waals surface area contributed by atoms with E-state index in [0.717, 1.165) is 16.6 Å². The second-order valence-corrected chi connectivity index (χ2v) is 3.19. The summed E-state index contributed by atoms with van der Waals surface area (Å²) in [5.74, 6) is 0. The Hall–Kier alpha value is -1.60. The van der Waals surface area contributed by atoms with E-state index in [2.05, 4.69) is 19.8 Å². The number of fused-ring (bicyclic) bond motifs is 1. The van der Waals surface area contributed by atoms with Crippen molar-refractivity contribution < 1.29 is 0 Å². The second kappa shape index (κ2) is 3.64. The third-order valence-corrected chi connectivity index (χ3v) is 2.28. The van der Waals surface area contributed by atoms with Crippen molar-refractivity contribution in [2.45, 2.75) is 6.42 Å². The molecule has 0 aliphatic heterocycles. The summed E-state index contributed by atoms with van der Waals surface area (Å²) in [6, 6.07) is 0. The highest BCUT2D eigenvalue weighted by atomic mass is 35.5. The SMILES string of the molecule is [C-]#[N+]CCc1c[nH]c2ncnc(Cl)c12. The molecule has 2 rings (SSSR count). The fraction of sp³-hybridized carbons (Fsp3) is 0.222. The molecule has 0 amide bonds. The van der Waals surface area contributed by atoms with Crippen molar-refractivity contribution in [2.24, 2.45) is 0 Å². The maximum atomic E-state index is 6.72. The van der Waals surface area contributed by atoms with E-state index in [0.29, 0.717) is 18.1 Å². The van der Waals surface area contributed by atoms with Crippen LogP contribution in [0.15, 0.2) is 12.5 Å². The average molecular weight is 207 g/mol. The topological polar surface area (TPSA) is 45.9 Å². The van der Waals surface area contributed by atoms with Crippen molar-refractivity contribution in [1.82, 2.24) is 15.0 Å². The van der Waals surface area contributed by atoms with Gasteiger partial charge in [0, 0.05) is 12.6 Å². The first-order valence-electron chi connectivity index (χ1n) is 4.12. The van der Waals surface area contributed by atoms with Crippen LogP contribution >= 0.6 is 11.6 Å². The van der Waals surface area contributed by atoms with Gasteiger partial charge in [0.2, 0.25) is 6.54 Å². The van der Waals surface area contributed by atoms with Gasteiger partial charge in [-0.1, -0.05) is 11.6 Å². The molecule has 5 heteroatoms. The molecule has 0 radical (unpaired) electrons. The highest BCUT2D eigenvalue weighted by Crippen LogP contribution is 2.23. The molecule has 0 spiro atoms. The molecule has 0 atom stereocenters. The van der Waals surface area contributed by atoms with Gasteiger partial charge in [-0.3, -0.25) is 0 Å². The summed E-state index contributed by atoms with van der Waals surface area (Å²) >= 11 is 5.93. The van der Waals surface area contributed by atoms with Crippen LogP contribution in [0.3, 0.4) is 0 Å². The van der Waals surface area contributed by atoms with E-state index in [-0.39, 0.29) is 0 Å². The van der Waals surface area contributed by atoms with Crippen molar-refractivity contribution in [1.29, 1.82) is 0 Å². The van der Waals surface area contributed by atoms with E-state index >= 15 is 0 Å². The largest absolute Gasteiger partial charge is 0.346 e. The fourth-order valence-corrected chi connectivity index (χ4v) is 1.61. The van der Waals surface area contributed by atoms with Crippen LogP contribution in [-0.4, -0.2) is 21.5 Å². The Morgan fingerprint density at radius 2 is 2.36 bits per heavy atom. The molecule has 4 nitrogen and oxygen atoms in total. The van der Waals surface area contributed by atoms with Gasteiger partial charge in [-0.05, 0) is 5.56 Å². The van der Waals surface area contributed by atoms with Crippen LogP contribution in [0, 0.1) is 6.57 Å². The van der Waals surface area contributed by atoms with Gasteiger partial charge in [0.05, 0.1) is 5.39 Å². The van der Waals surface area contributed by atoms with Gasteiger partial charge in [-0.2, -0.15) is 0 Å². The smallest absolute Gasteiger partial charge is 0.218 e. The number of halogens is 1. The molecule has 0 saturated heterocycles. The molecule has 2 aromatic rings. The monoisotopic (exact) mass is 206 g/mol. The first kappa shape index (κ1) is 8.97. The van der Waals surface area contributed by atoms with Crippen LogP contribution in [0.4, 0.5) is 0 Å². The molecule has 0 unspecified atom stereocenters. The molecule has 70 valence electrons. The Balaban J connectivity index is 2.51. The minimum Gasteiger partial charge on any atom is -0.346 e. The van der Waals surface area contributed by atoms with Crippen molar-refractivity contribution in [3.63, 3.8) is 0 Å². The quantitative estimate of drug-likeness (QED) is 0.604. The van der Waals surface area contributed by atoms with E-state index < -0.39 is 0 Å². The van der Waals surface area contributed by atoms with Crippen LogP contribution in [0.25, 0.3) is 15.9 Å². The Labute approximate surface area is 85.8 Å². The van der Waals surface area contributed by atoms with Crippen LogP contribution < -0.4 is 0 Å². The molecule has 0 aliphatic carbocycles. The molecule has 0 fully saturated rings. The van der Waals surface area contributed by atoms with Gasteiger partial charge in [0.1, 0.15) is 17.1 Å². The van der Waals surface area contributed by atoms with Gasteiger partial charge < -0.3 is 9.83 Å². The van der Waals surface area contributed by atoms with Crippen LogP contribution in [-0.2, 0) is 6.42 Å². The lowest BCUT2D eigenvalue weighted by molar-refractivity contribution is 1.09. The molecule has 0 aliphatic rings. The normalized spacial score (nSPS) is 10.3. The minimum atomic E-state index is 0.441. The number of hydrogen-bond donors (Lipinski definition) is 1. The molecule has 2 heterocycles. The summed E-state index contributed by atoms with van der Waals surface area (Å²) in [7, 11) is 0. The zero-order valence-corrected chi connectivity index (χ0v) is 8.04. The summed E-state index contributed by atoms with van der Waals surface area (Å²) in [6.07, 6.45) is 3.92. The maximum Gasteiger partial charge on any atom is 0.218 e. The van der Waals surface area contributed by atoms with Crippen LogP contribution in [0.5, 0.6) is 0 Å². The molecule has 2 aromatic heterocycles. The van der Waals surface area contributed by atoms with Crippen molar-refractivity contribution in [2.75, 3.05) is 6.54 Å². The van der Waals surface area contributed by atoms with Gasteiger partial charge in [0.25, 0.3) is 0 Å². The molecule has 0 bridgehead atoms. The summed E-state index contributed by atoms with van der Waals surface area (Å²) in [5, 5.41) is 1.27. The summed E-state index contributed by atoms with van der Waals surface area (Å²) in [5.41, 5.74) is 1.73. The summed E-state index contributed by atoms with van der Waals surface area (Å²) in [6.45, 7) is 7.17. The maximum absolute atomic E-state index is 6.72. The van der Waals surface area contributed by atoms with Crippen molar-refractivity contribution in [3.8, 4) is 0 Å². The standard InChI is InChI=1S/C9H7ClN4/c1-11-3-2-6-4-12-9-7(6)8(10)13-5-14-9/h4-5H,2-3H2,(H,12,13,14). The summed E-state index contributed by atoms with van der Waals surface area (Å²) < 4.78 is 0. The second-order valence-electron chi connectivity index (χ2n) is 2.83. The van der Waals surface area contributed by atoms with Crippen molar-refractivity contribution >= 4 is 22.6 Å². The lowest BCUT2D eigenvalue weighted by atomic mass is 10.2. The van der Waals surface area contributed by atoms with Gasteiger partial charge >= 0.3 is 0 Å². The Bertz CT molecular complexity index is 497. The van der Waals surface area contributed by atoms with E-state index in [1.54, 1.807) is 0 Å². The predicted octanol–water partition coefficient (Wildman–Crippen LogP) is 2.07. The van der Waals surface area contributed by atoms with Crippen LogP contribution in [0.2, 0.25) is 5.15 Å². The zero-order chi connectivity index (χ0) is 9.97. The van der Waals surface area contributed by atoms with E-state index in [1.165, 1.54) is 6.33 Å². The summed E-state index contributed by atoms with van der Waals surface area (Å²) in [4.78, 5) is 14.2. The predicted molar refractivity (Wildman–Crippen MR) is 54.1 cm³/mol. The molecular formula is C9H7ClN4. The van der Waals surface area contributed by atoms with E-state index in [4.69, 9.17) is 18.2 Å². The highest BCUT2D eigenvalue weighted by Gasteiger charge is 2.09. The number of nitrogens with one attached hydrogen (secondary N) is 1. The molecule has 0 aromatic carbocycles. The Morgan fingerprint density at radius 1 is 1.50 bits per heavy atom. The lowest BCUT2D eigenvalue weighted by Gasteiger charge is -1.94. The fourth-order valence-electron chi connectivity index (χ4n) is 1.36. The first-order chi connectivity index (χ1) is 6.83. The number of nitrogens with zero attached hydrogens (tertiary/aromatic N) is 3. The first-order valence-corrected chi connectivity index (χ1v) is 4.50. The average Bonchev–Trinajstić information content (AvgIpc) is 2.59. The van der Waals surface area contributed by atoms with E-state index in [1.807, 2.05) is 6.20 Å². The molecular weight excluding hydrogens is 200 g/mol. The number of rotatable bonds is 2. The third-order valence-electron chi connectivity index (χ3n) is 2.00. The van der Waals surface area contributed by atoms with Crippen LogP contribution in [0.1, 0.15) is 5.56 Å². The minimum absolute atomic E-state index is 0.441. The van der Waals surface area contributed by atoms with Gasteiger partial charge in [-0.25, -0.2) is 16.5 Å².